The lowest BCUT2D eigenvalue weighted by Gasteiger charge is -2.31. The van der Waals surface area contributed by atoms with Gasteiger partial charge in [0.25, 0.3) is 10.0 Å². The molecule has 2 heterocycles. The summed E-state index contributed by atoms with van der Waals surface area (Å²) in [5.41, 5.74) is 0. The van der Waals surface area contributed by atoms with Crippen molar-refractivity contribution in [2.24, 2.45) is 11.8 Å². The minimum atomic E-state index is -3.45. The van der Waals surface area contributed by atoms with E-state index in [-0.39, 0.29) is 17.4 Å². The Kier molecular flexibility index (Phi) is 6.70. The largest absolute Gasteiger partial charge is 0.336 e. The minimum absolute atomic E-state index is 0. The Morgan fingerprint density at radius 2 is 1.92 bits per heavy atom. The maximum absolute atomic E-state index is 12.7. The molecule has 1 aliphatic carbocycles. The third-order valence-electron chi connectivity index (χ3n) is 4.64. The van der Waals surface area contributed by atoms with Gasteiger partial charge < -0.3 is 9.88 Å². The summed E-state index contributed by atoms with van der Waals surface area (Å²) in [4.78, 5) is 4.12. The average Bonchev–Trinajstić information content (AvgIpc) is 3.22. The molecule has 0 unspecified atom stereocenters. The molecule has 2 aliphatic rings. The van der Waals surface area contributed by atoms with Gasteiger partial charge in [0.2, 0.25) is 0 Å². The summed E-state index contributed by atoms with van der Waals surface area (Å²) >= 11 is 0. The number of piperidine rings is 1. The number of hydrogen-bond donors (Lipinski definition) is 1. The Bertz CT molecular complexity index is 620. The zero-order valence-corrected chi connectivity index (χ0v) is 16.2. The van der Waals surface area contributed by atoms with Crippen molar-refractivity contribution in [3.63, 3.8) is 0 Å². The molecule has 1 aliphatic heterocycles. The van der Waals surface area contributed by atoms with Gasteiger partial charge in [-0.3, -0.25) is 0 Å². The van der Waals surface area contributed by atoms with Crippen molar-refractivity contribution in [2.45, 2.75) is 57.1 Å². The number of imidazole rings is 1. The molecule has 1 N–H and O–H groups in total. The van der Waals surface area contributed by atoms with Crippen molar-refractivity contribution in [1.82, 2.24) is 19.2 Å². The molecule has 1 saturated carbocycles. The summed E-state index contributed by atoms with van der Waals surface area (Å²) in [5.74, 6) is 1.33. The maximum Gasteiger partial charge on any atom is 0.262 e. The molecule has 1 saturated heterocycles. The van der Waals surface area contributed by atoms with Crippen LogP contribution in [0.5, 0.6) is 0 Å². The van der Waals surface area contributed by atoms with Gasteiger partial charge in [0.1, 0.15) is 0 Å². The van der Waals surface area contributed by atoms with Crippen LogP contribution in [-0.4, -0.2) is 48.0 Å². The first kappa shape index (κ1) is 19.7. The topological polar surface area (TPSA) is 67.2 Å². The Labute approximate surface area is 151 Å². The van der Waals surface area contributed by atoms with Gasteiger partial charge in [-0.25, -0.2) is 13.4 Å². The molecule has 1 aromatic heterocycles. The molecule has 2 fully saturated rings. The fraction of sp³-hybridized carbons (Fsp3) is 0.812. The standard InChI is InChI=1S/C16H28N4O2S.ClH/c1-13(2)10-19-11-16(18-12-19)23(21,22)20-7-5-15(6-8-20)17-9-14-3-4-14;/h11-15,17H,3-10H2,1-2H3;1H. The van der Waals surface area contributed by atoms with Crippen LogP contribution >= 0.6 is 12.4 Å². The summed E-state index contributed by atoms with van der Waals surface area (Å²) in [6.07, 6.45) is 7.75. The molecule has 0 spiro atoms. The average molecular weight is 377 g/mol. The van der Waals surface area contributed by atoms with E-state index in [1.807, 2.05) is 4.57 Å². The molecule has 0 amide bonds. The second-order valence-electron chi connectivity index (χ2n) is 7.33. The molecule has 6 nitrogen and oxygen atoms in total. The van der Waals surface area contributed by atoms with Gasteiger partial charge in [0, 0.05) is 31.9 Å². The van der Waals surface area contributed by atoms with E-state index >= 15 is 0 Å². The van der Waals surface area contributed by atoms with E-state index in [1.54, 1.807) is 16.8 Å². The van der Waals surface area contributed by atoms with Crippen LogP contribution in [-0.2, 0) is 16.6 Å². The predicted molar refractivity (Wildman–Crippen MR) is 96.8 cm³/mol. The van der Waals surface area contributed by atoms with Gasteiger partial charge in [-0.05, 0) is 44.1 Å². The Balaban J connectivity index is 0.00000208. The third-order valence-corrected chi connectivity index (χ3v) is 6.42. The molecular formula is C16H29ClN4O2S. The lowest BCUT2D eigenvalue weighted by molar-refractivity contribution is 0.287. The van der Waals surface area contributed by atoms with Crippen molar-refractivity contribution in [2.75, 3.05) is 19.6 Å². The normalized spacial score (nSPS) is 20.3. The number of nitrogens with one attached hydrogen (secondary N) is 1. The van der Waals surface area contributed by atoms with E-state index < -0.39 is 10.0 Å². The third kappa shape index (κ3) is 4.94. The fourth-order valence-corrected chi connectivity index (χ4v) is 4.49. The summed E-state index contributed by atoms with van der Waals surface area (Å²) in [5, 5.41) is 3.76. The first-order valence-corrected chi connectivity index (χ1v) is 10.1. The van der Waals surface area contributed by atoms with Gasteiger partial charge >= 0.3 is 0 Å². The quantitative estimate of drug-likeness (QED) is 0.791. The number of hydrogen-bond acceptors (Lipinski definition) is 4. The Hall–Kier alpha value is -0.630. The molecule has 1 aromatic rings. The zero-order valence-electron chi connectivity index (χ0n) is 14.5. The number of rotatable bonds is 7. The highest BCUT2D eigenvalue weighted by Crippen LogP contribution is 2.28. The van der Waals surface area contributed by atoms with E-state index in [0.717, 1.165) is 31.8 Å². The molecule has 0 radical (unpaired) electrons. The van der Waals surface area contributed by atoms with Gasteiger partial charge in [0.05, 0.1) is 6.33 Å². The van der Waals surface area contributed by atoms with E-state index in [4.69, 9.17) is 0 Å². The Morgan fingerprint density at radius 1 is 1.25 bits per heavy atom. The van der Waals surface area contributed by atoms with Crippen LogP contribution in [0.3, 0.4) is 0 Å². The van der Waals surface area contributed by atoms with Crippen LogP contribution in [0.1, 0.15) is 39.5 Å². The van der Waals surface area contributed by atoms with E-state index in [0.29, 0.717) is 25.0 Å². The van der Waals surface area contributed by atoms with Crippen molar-refractivity contribution < 1.29 is 8.42 Å². The lowest BCUT2D eigenvalue weighted by atomic mass is 10.1. The highest BCUT2D eigenvalue weighted by molar-refractivity contribution is 7.89. The summed E-state index contributed by atoms with van der Waals surface area (Å²) < 4.78 is 28.8. The minimum Gasteiger partial charge on any atom is -0.336 e. The smallest absolute Gasteiger partial charge is 0.262 e. The van der Waals surface area contributed by atoms with Gasteiger partial charge in [-0.15, -0.1) is 12.4 Å². The van der Waals surface area contributed by atoms with Crippen LogP contribution in [0, 0.1) is 11.8 Å². The molecule has 3 rings (SSSR count). The number of nitrogens with zero attached hydrogens (tertiary/aromatic N) is 3. The predicted octanol–water partition coefficient (Wildman–Crippen LogP) is 2.11. The molecule has 24 heavy (non-hydrogen) atoms. The lowest BCUT2D eigenvalue weighted by Crippen LogP contribution is -2.45. The van der Waals surface area contributed by atoms with Crippen LogP contribution in [0.4, 0.5) is 0 Å². The van der Waals surface area contributed by atoms with Gasteiger partial charge in [0.15, 0.2) is 5.03 Å². The number of halogens is 1. The highest BCUT2D eigenvalue weighted by atomic mass is 35.5. The molecule has 138 valence electrons. The summed E-state index contributed by atoms with van der Waals surface area (Å²) in [7, 11) is -3.45. The van der Waals surface area contributed by atoms with Gasteiger partial charge in [-0.2, -0.15) is 4.31 Å². The Morgan fingerprint density at radius 3 is 2.50 bits per heavy atom. The first-order chi connectivity index (χ1) is 10.9. The van der Waals surface area contributed by atoms with Crippen LogP contribution < -0.4 is 5.32 Å². The van der Waals surface area contributed by atoms with Crippen molar-refractivity contribution in [3.05, 3.63) is 12.5 Å². The second-order valence-corrected chi connectivity index (χ2v) is 9.22. The van der Waals surface area contributed by atoms with E-state index in [9.17, 15) is 8.42 Å². The monoisotopic (exact) mass is 376 g/mol. The van der Waals surface area contributed by atoms with E-state index in [1.165, 1.54) is 12.8 Å². The molecule has 8 heteroatoms. The van der Waals surface area contributed by atoms with Crippen molar-refractivity contribution >= 4 is 22.4 Å². The van der Waals surface area contributed by atoms with Crippen LogP contribution in [0.2, 0.25) is 0 Å². The van der Waals surface area contributed by atoms with Crippen LogP contribution in [0.15, 0.2) is 17.6 Å². The molecular weight excluding hydrogens is 348 g/mol. The zero-order chi connectivity index (χ0) is 16.4. The van der Waals surface area contributed by atoms with Crippen LogP contribution in [0.25, 0.3) is 0 Å². The first-order valence-electron chi connectivity index (χ1n) is 8.70. The summed E-state index contributed by atoms with van der Waals surface area (Å²) in [6, 6.07) is 0.459. The van der Waals surface area contributed by atoms with Crippen molar-refractivity contribution in [1.29, 1.82) is 0 Å². The van der Waals surface area contributed by atoms with Crippen molar-refractivity contribution in [3.8, 4) is 0 Å². The molecule has 0 atom stereocenters. The second kappa shape index (κ2) is 8.17. The highest BCUT2D eigenvalue weighted by Gasteiger charge is 2.31. The number of aromatic nitrogens is 2. The molecule has 0 aromatic carbocycles. The number of sulfonamides is 1. The summed E-state index contributed by atoms with van der Waals surface area (Å²) in [6.45, 7) is 7.26. The van der Waals surface area contributed by atoms with Gasteiger partial charge in [-0.1, -0.05) is 13.8 Å². The maximum atomic E-state index is 12.7. The fourth-order valence-electron chi connectivity index (χ4n) is 3.08. The SMILES string of the molecule is CC(C)Cn1cnc(S(=O)(=O)N2CCC(NCC3CC3)CC2)c1.Cl. The molecule has 0 bridgehead atoms. The van der Waals surface area contributed by atoms with E-state index in [2.05, 4.69) is 24.1 Å².